The van der Waals surface area contributed by atoms with Crippen LogP contribution >= 0.6 is 0 Å². The zero-order valence-corrected chi connectivity index (χ0v) is 10.5. The number of carbonyl (C=O) groups excluding carboxylic acids is 2. The van der Waals surface area contributed by atoms with E-state index in [1.807, 2.05) is 37.3 Å². The van der Waals surface area contributed by atoms with Gasteiger partial charge in [0.25, 0.3) is 5.91 Å². The molecule has 0 aliphatic heterocycles. The molecule has 1 N–H and O–H groups in total. The van der Waals surface area contributed by atoms with Crippen molar-refractivity contribution >= 4 is 11.7 Å². The lowest BCUT2D eigenvalue weighted by Gasteiger charge is -2.16. The molecule has 1 amide bonds. The number of benzene rings is 1. The number of allylic oxidation sites excluding steroid dienone is 3. The van der Waals surface area contributed by atoms with Crippen LogP contribution in [0.5, 0.6) is 0 Å². The van der Waals surface area contributed by atoms with Crippen LogP contribution < -0.4 is 5.32 Å². The molecule has 0 radical (unpaired) electrons. The molecule has 0 aromatic heterocycles. The highest BCUT2D eigenvalue weighted by Crippen LogP contribution is 2.18. The Labute approximate surface area is 110 Å². The maximum atomic E-state index is 12.9. The van der Waals surface area contributed by atoms with Crippen LogP contribution in [0.15, 0.2) is 53.9 Å². The summed E-state index contributed by atoms with van der Waals surface area (Å²) in [4.78, 5) is 23.5. The third-order valence-electron chi connectivity index (χ3n) is 2.95. The van der Waals surface area contributed by atoms with E-state index in [2.05, 4.69) is 5.32 Å². The van der Waals surface area contributed by atoms with Crippen LogP contribution in [-0.2, 0) is 9.59 Å². The normalized spacial score (nSPS) is 16.4. The number of carbonyl (C=O) groups is 2. The predicted octanol–water partition coefficient (Wildman–Crippen LogP) is 2.62. The topological polar surface area (TPSA) is 46.2 Å². The van der Waals surface area contributed by atoms with Crippen LogP contribution in [0, 0.1) is 0 Å². The zero-order chi connectivity index (χ0) is 13.8. The summed E-state index contributed by atoms with van der Waals surface area (Å²) in [6, 6.07) is 9.21. The Bertz CT molecular complexity index is 561. The molecule has 0 bridgehead atoms. The second-order valence-corrected chi connectivity index (χ2v) is 4.40. The van der Waals surface area contributed by atoms with Crippen molar-refractivity contribution in [1.29, 1.82) is 0 Å². The minimum atomic E-state index is -0.516. The van der Waals surface area contributed by atoms with Gasteiger partial charge in [0.1, 0.15) is 5.83 Å². The highest BCUT2D eigenvalue weighted by atomic mass is 19.1. The van der Waals surface area contributed by atoms with Crippen LogP contribution in [0.4, 0.5) is 4.39 Å². The number of rotatable bonds is 3. The maximum Gasteiger partial charge on any atom is 0.255 e. The molecule has 4 heteroatoms. The van der Waals surface area contributed by atoms with Gasteiger partial charge in [0.15, 0.2) is 5.78 Å². The predicted molar refractivity (Wildman–Crippen MR) is 69.9 cm³/mol. The summed E-state index contributed by atoms with van der Waals surface area (Å²) < 4.78 is 12.9. The smallest absolute Gasteiger partial charge is 0.255 e. The monoisotopic (exact) mass is 259 g/mol. The molecule has 1 aliphatic carbocycles. The Kier molecular flexibility index (Phi) is 3.90. The largest absolute Gasteiger partial charge is 0.345 e. The molecule has 19 heavy (non-hydrogen) atoms. The first kappa shape index (κ1) is 13.2. The van der Waals surface area contributed by atoms with Crippen LogP contribution in [0.25, 0.3) is 0 Å². The fourth-order valence-corrected chi connectivity index (χ4v) is 1.88. The highest BCUT2D eigenvalue weighted by molar-refractivity contribution is 6.20. The molecule has 1 aromatic rings. The van der Waals surface area contributed by atoms with E-state index in [0.29, 0.717) is 0 Å². The first-order chi connectivity index (χ1) is 9.08. The third kappa shape index (κ3) is 3.16. The van der Waals surface area contributed by atoms with Crippen molar-refractivity contribution in [3.63, 3.8) is 0 Å². The van der Waals surface area contributed by atoms with E-state index in [1.54, 1.807) is 0 Å². The molecule has 2 rings (SSSR count). The van der Waals surface area contributed by atoms with E-state index in [4.69, 9.17) is 0 Å². The van der Waals surface area contributed by atoms with E-state index >= 15 is 0 Å². The van der Waals surface area contributed by atoms with E-state index in [-0.39, 0.29) is 18.0 Å². The number of halogens is 1. The van der Waals surface area contributed by atoms with Gasteiger partial charge in [-0.3, -0.25) is 9.59 Å². The Hall–Kier alpha value is -2.23. The summed E-state index contributed by atoms with van der Waals surface area (Å²) in [5, 5.41) is 2.73. The standard InChI is InChI=1S/C15H14FNO2/c1-10(11-5-3-2-4-6-11)17-15(19)13-8-7-12(16)9-14(13)18/h2-8,10H,9H2,1H3,(H,17,19). The molecule has 3 nitrogen and oxygen atoms in total. The van der Waals surface area contributed by atoms with Crippen molar-refractivity contribution in [3.05, 3.63) is 59.4 Å². The number of hydrogen-bond acceptors (Lipinski definition) is 2. The summed E-state index contributed by atoms with van der Waals surface area (Å²) in [6.07, 6.45) is 2.05. The molecule has 0 saturated heterocycles. The van der Waals surface area contributed by atoms with Gasteiger partial charge in [-0.15, -0.1) is 0 Å². The summed E-state index contributed by atoms with van der Waals surface area (Å²) >= 11 is 0. The quantitative estimate of drug-likeness (QED) is 0.848. The fourth-order valence-electron chi connectivity index (χ4n) is 1.88. The Morgan fingerprint density at radius 2 is 1.95 bits per heavy atom. The lowest BCUT2D eigenvalue weighted by Crippen LogP contribution is -2.31. The van der Waals surface area contributed by atoms with Crippen LogP contribution in [0.2, 0.25) is 0 Å². The van der Waals surface area contributed by atoms with E-state index < -0.39 is 17.5 Å². The third-order valence-corrected chi connectivity index (χ3v) is 2.95. The van der Waals surface area contributed by atoms with Gasteiger partial charge in [-0.1, -0.05) is 30.3 Å². The van der Waals surface area contributed by atoms with Crippen molar-refractivity contribution < 1.29 is 14.0 Å². The average molecular weight is 259 g/mol. The lowest BCUT2D eigenvalue weighted by molar-refractivity contribution is -0.122. The number of nitrogens with one attached hydrogen (secondary N) is 1. The molecule has 1 aliphatic rings. The van der Waals surface area contributed by atoms with E-state index in [1.165, 1.54) is 6.08 Å². The minimum Gasteiger partial charge on any atom is -0.345 e. The van der Waals surface area contributed by atoms with Gasteiger partial charge in [-0.05, 0) is 24.6 Å². The number of ketones is 1. The molecule has 98 valence electrons. The van der Waals surface area contributed by atoms with E-state index in [0.717, 1.165) is 11.6 Å². The van der Waals surface area contributed by atoms with Crippen molar-refractivity contribution in [2.24, 2.45) is 0 Å². The van der Waals surface area contributed by atoms with Gasteiger partial charge >= 0.3 is 0 Å². The van der Waals surface area contributed by atoms with Crippen molar-refractivity contribution in [2.45, 2.75) is 19.4 Å². The van der Waals surface area contributed by atoms with Crippen LogP contribution in [0.3, 0.4) is 0 Å². The van der Waals surface area contributed by atoms with Gasteiger partial charge in [0.05, 0.1) is 18.0 Å². The van der Waals surface area contributed by atoms with Crippen LogP contribution in [-0.4, -0.2) is 11.7 Å². The molecule has 1 unspecified atom stereocenters. The summed E-state index contributed by atoms with van der Waals surface area (Å²) in [6.45, 7) is 1.83. The summed E-state index contributed by atoms with van der Waals surface area (Å²) in [5.41, 5.74) is 0.950. The first-order valence-electron chi connectivity index (χ1n) is 6.03. The highest BCUT2D eigenvalue weighted by Gasteiger charge is 2.23. The van der Waals surface area contributed by atoms with Gasteiger partial charge < -0.3 is 5.32 Å². The van der Waals surface area contributed by atoms with E-state index in [9.17, 15) is 14.0 Å². The molecule has 1 aromatic carbocycles. The molecular weight excluding hydrogens is 245 g/mol. The molecule has 0 fully saturated rings. The van der Waals surface area contributed by atoms with Crippen LogP contribution in [0.1, 0.15) is 24.9 Å². The second kappa shape index (κ2) is 5.61. The average Bonchev–Trinajstić information content (AvgIpc) is 2.39. The van der Waals surface area contributed by atoms with Gasteiger partial charge in [-0.25, -0.2) is 4.39 Å². The zero-order valence-electron chi connectivity index (χ0n) is 10.5. The Balaban J connectivity index is 2.08. The first-order valence-corrected chi connectivity index (χ1v) is 6.03. The molecule has 0 saturated carbocycles. The second-order valence-electron chi connectivity index (χ2n) is 4.40. The number of amides is 1. The number of Topliss-reactive ketones (excluding diaryl/α,β-unsaturated/α-hetero) is 1. The Morgan fingerprint density at radius 3 is 2.58 bits per heavy atom. The number of hydrogen-bond donors (Lipinski definition) is 1. The van der Waals surface area contributed by atoms with Gasteiger partial charge in [0, 0.05) is 0 Å². The molecule has 0 heterocycles. The molecule has 1 atom stereocenters. The van der Waals surface area contributed by atoms with Gasteiger partial charge in [-0.2, -0.15) is 0 Å². The Morgan fingerprint density at radius 1 is 1.26 bits per heavy atom. The fraction of sp³-hybridized carbons (Fsp3) is 0.200. The SMILES string of the molecule is CC(NC(=O)C1=CC=C(F)CC1=O)c1ccccc1. The van der Waals surface area contributed by atoms with Crippen molar-refractivity contribution in [2.75, 3.05) is 0 Å². The van der Waals surface area contributed by atoms with Crippen molar-refractivity contribution in [3.8, 4) is 0 Å². The molecular formula is C15H14FNO2. The summed E-state index contributed by atoms with van der Waals surface area (Å²) in [5.74, 6) is -1.47. The maximum absolute atomic E-state index is 12.9. The van der Waals surface area contributed by atoms with Crippen molar-refractivity contribution in [1.82, 2.24) is 5.32 Å². The summed E-state index contributed by atoms with van der Waals surface area (Å²) in [7, 11) is 0. The van der Waals surface area contributed by atoms with Gasteiger partial charge in [0.2, 0.25) is 0 Å². The minimum absolute atomic E-state index is 0.00387. The lowest BCUT2D eigenvalue weighted by atomic mass is 10.0. The molecule has 0 spiro atoms.